The highest BCUT2D eigenvalue weighted by Gasteiger charge is 2.26. The van der Waals surface area contributed by atoms with E-state index in [0.717, 1.165) is 39.8 Å². The molecule has 5 heteroatoms. The first-order valence-corrected chi connectivity index (χ1v) is 13.4. The van der Waals surface area contributed by atoms with Gasteiger partial charge in [-0.1, -0.05) is 85.7 Å². The number of benzene rings is 3. The number of carbonyl (C=O) groups is 1. The van der Waals surface area contributed by atoms with Crippen LogP contribution in [0.25, 0.3) is 11.1 Å². The molecule has 204 valence electrons. The van der Waals surface area contributed by atoms with Gasteiger partial charge >= 0.3 is 0 Å². The molecule has 0 atom stereocenters. The topological polar surface area (TPSA) is 89.8 Å². The van der Waals surface area contributed by atoms with Gasteiger partial charge in [0, 0.05) is 6.42 Å². The second-order valence-electron chi connectivity index (χ2n) is 12.8. The number of hydrogen-bond donors (Lipinski definition) is 4. The van der Waals surface area contributed by atoms with Crippen molar-refractivity contribution in [2.45, 2.75) is 85.5 Å². The predicted molar refractivity (Wildman–Crippen MR) is 156 cm³/mol. The molecule has 0 saturated heterocycles. The van der Waals surface area contributed by atoms with E-state index in [1.807, 2.05) is 30.3 Å². The lowest BCUT2D eigenvalue weighted by Crippen LogP contribution is -2.18. The van der Waals surface area contributed by atoms with Crippen LogP contribution in [0.4, 0.5) is 5.69 Å². The molecule has 0 heterocycles. The molecule has 5 nitrogen and oxygen atoms in total. The maximum Gasteiger partial charge on any atom is 0.224 e. The Morgan fingerprint density at radius 3 is 1.79 bits per heavy atom. The average molecular weight is 518 g/mol. The number of amides is 1. The molecule has 0 saturated carbocycles. The number of rotatable bonds is 7. The molecular formula is C33H43NO4. The number of aryl methyl sites for hydroxylation is 1. The van der Waals surface area contributed by atoms with Crippen molar-refractivity contribution in [3.63, 3.8) is 0 Å². The Hall–Kier alpha value is -3.47. The Kier molecular flexibility index (Phi) is 8.50. The average Bonchev–Trinajstić information content (AvgIpc) is 2.79. The SMILES string of the molecule is CC(C)Cc1ccc(-c2ccc(NC(=O)CCc3cc(C(C)(C)C)c(O)c(C(C)(C)C)c3)c(O)c2)cc1O. The molecule has 0 radical (unpaired) electrons. The Bertz CT molecular complexity index is 1270. The summed E-state index contributed by atoms with van der Waals surface area (Å²) in [6.07, 6.45) is 1.55. The third-order valence-corrected chi connectivity index (χ3v) is 6.75. The highest BCUT2D eigenvalue weighted by atomic mass is 16.3. The first-order valence-electron chi connectivity index (χ1n) is 13.4. The number of carbonyl (C=O) groups excluding carboxylic acids is 1. The quantitative estimate of drug-likeness (QED) is 0.240. The highest BCUT2D eigenvalue weighted by molar-refractivity contribution is 5.93. The van der Waals surface area contributed by atoms with E-state index >= 15 is 0 Å². The number of anilines is 1. The second kappa shape index (κ2) is 11.1. The molecule has 0 aliphatic rings. The zero-order valence-electron chi connectivity index (χ0n) is 24.1. The smallest absolute Gasteiger partial charge is 0.224 e. The monoisotopic (exact) mass is 517 g/mol. The first-order chi connectivity index (χ1) is 17.6. The van der Waals surface area contributed by atoms with Gasteiger partial charge in [0.05, 0.1) is 5.69 Å². The van der Waals surface area contributed by atoms with Crippen molar-refractivity contribution in [3.8, 4) is 28.4 Å². The van der Waals surface area contributed by atoms with Crippen molar-refractivity contribution in [1.29, 1.82) is 0 Å². The molecule has 0 bridgehead atoms. The summed E-state index contributed by atoms with van der Waals surface area (Å²) in [6.45, 7) is 16.6. The summed E-state index contributed by atoms with van der Waals surface area (Å²) in [6, 6.07) is 14.6. The molecular weight excluding hydrogens is 474 g/mol. The zero-order chi connectivity index (χ0) is 28.4. The van der Waals surface area contributed by atoms with Gasteiger partial charge in [-0.3, -0.25) is 4.79 Å². The van der Waals surface area contributed by atoms with Crippen LogP contribution in [0.15, 0.2) is 48.5 Å². The van der Waals surface area contributed by atoms with Gasteiger partial charge in [0.2, 0.25) is 5.91 Å². The number of hydrogen-bond acceptors (Lipinski definition) is 4. The van der Waals surface area contributed by atoms with E-state index in [-0.39, 0.29) is 34.7 Å². The molecule has 4 N–H and O–H groups in total. The molecule has 3 rings (SSSR count). The summed E-state index contributed by atoms with van der Waals surface area (Å²) < 4.78 is 0. The van der Waals surface area contributed by atoms with E-state index < -0.39 is 0 Å². The van der Waals surface area contributed by atoms with Gasteiger partial charge in [0.1, 0.15) is 17.2 Å². The van der Waals surface area contributed by atoms with Crippen LogP contribution in [0.2, 0.25) is 0 Å². The van der Waals surface area contributed by atoms with E-state index in [1.54, 1.807) is 18.2 Å². The number of phenols is 3. The van der Waals surface area contributed by atoms with Crippen molar-refractivity contribution < 1.29 is 20.1 Å². The molecule has 38 heavy (non-hydrogen) atoms. The summed E-state index contributed by atoms with van der Waals surface area (Å²) in [7, 11) is 0. The summed E-state index contributed by atoms with van der Waals surface area (Å²) >= 11 is 0. The first kappa shape index (κ1) is 29.1. The Morgan fingerprint density at radius 1 is 0.789 bits per heavy atom. The van der Waals surface area contributed by atoms with Crippen LogP contribution >= 0.6 is 0 Å². The van der Waals surface area contributed by atoms with Gasteiger partial charge in [-0.05, 0) is 81.2 Å². The second-order valence-corrected chi connectivity index (χ2v) is 12.8. The van der Waals surface area contributed by atoms with Crippen LogP contribution in [0.3, 0.4) is 0 Å². The third-order valence-electron chi connectivity index (χ3n) is 6.75. The molecule has 0 fully saturated rings. The normalized spacial score (nSPS) is 12.1. The lowest BCUT2D eigenvalue weighted by molar-refractivity contribution is -0.116. The minimum absolute atomic E-state index is 0.0312. The van der Waals surface area contributed by atoms with Crippen molar-refractivity contribution >= 4 is 11.6 Å². The van der Waals surface area contributed by atoms with Crippen LogP contribution in [-0.4, -0.2) is 21.2 Å². The molecule has 0 unspecified atom stereocenters. The van der Waals surface area contributed by atoms with Gasteiger partial charge < -0.3 is 20.6 Å². The van der Waals surface area contributed by atoms with Crippen molar-refractivity contribution in [2.75, 3.05) is 5.32 Å². The molecule has 0 aromatic heterocycles. The lowest BCUT2D eigenvalue weighted by atomic mass is 9.78. The molecule has 0 aliphatic carbocycles. The van der Waals surface area contributed by atoms with E-state index in [9.17, 15) is 20.1 Å². The maximum atomic E-state index is 12.8. The summed E-state index contributed by atoms with van der Waals surface area (Å²) in [5.41, 5.74) is 5.05. The molecule has 1 amide bonds. The van der Waals surface area contributed by atoms with E-state index in [2.05, 4.69) is 60.7 Å². The standard InChI is InChI=1S/C33H43NO4/c1-20(2)15-24-11-10-22(18-28(24)35)23-12-13-27(29(36)19-23)34-30(37)14-9-21-16-25(32(3,4)5)31(38)26(17-21)33(6,7)8/h10-13,16-20,35-36,38H,9,14-15H2,1-8H3,(H,34,37). The number of nitrogens with one attached hydrogen (secondary N) is 1. The fourth-order valence-corrected chi connectivity index (χ4v) is 4.63. The van der Waals surface area contributed by atoms with Gasteiger partial charge in [-0.25, -0.2) is 0 Å². The fourth-order valence-electron chi connectivity index (χ4n) is 4.63. The third kappa shape index (κ3) is 7.09. The lowest BCUT2D eigenvalue weighted by Gasteiger charge is -2.28. The largest absolute Gasteiger partial charge is 0.508 e. The summed E-state index contributed by atoms with van der Waals surface area (Å²) in [4.78, 5) is 12.8. The van der Waals surface area contributed by atoms with Gasteiger partial charge in [-0.15, -0.1) is 0 Å². The van der Waals surface area contributed by atoms with Gasteiger partial charge in [0.25, 0.3) is 0 Å². The van der Waals surface area contributed by atoms with Crippen molar-refractivity contribution in [3.05, 3.63) is 70.8 Å². The Balaban J connectivity index is 1.73. The molecule has 0 aliphatic heterocycles. The predicted octanol–water partition coefficient (Wildman–Crippen LogP) is 7.84. The summed E-state index contributed by atoms with van der Waals surface area (Å²) in [5.74, 6) is 0.772. The van der Waals surface area contributed by atoms with Crippen LogP contribution in [0.1, 0.15) is 84.1 Å². The highest BCUT2D eigenvalue weighted by Crippen LogP contribution is 2.40. The molecule has 3 aromatic carbocycles. The van der Waals surface area contributed by atoms with Crippen LogP contribution in [-0.2, 0) is 28.5 Å². The fraction of sp³-hybridized carbons (Fsp3) is 0.424. The van der Waals surface area contributed by atoms with E-state index in [1.165, 1.54) is 0 Å². The molecule has 3 aromatic rings. The Morgan fingerprint density at radius 2 is 1.32 bits per heavy atom. The van der Waals surface area contributed by atoms with Gasteiger partial charge in [-0.2, -0.15) is 0 Å². The Labute approximate surface area is 227 Å². The van der Waals surface area contributed by atoms with Crippen LogP contribution in [0, 0.1) is 5.92 Å². The van der Waals surface area contributed by atoms with E-state index in [0.29, 0.717) is 23.8 Å². The number of aromatic hydroxyl groups is 3. The minimum atomic E-state index is -0.235. The minimum Gasteiger partial charge on any atom is -0.508 e. The molecule has 0 spiro atoms. The van der Waals surface area contributed by atoms with E-state index in [4.69, 9.17) is 0 Å². The van der Waals surface area contributed by atoms with Crippen molar-refractivity contribution in [2.24, 2.45) is 5.92 Å². The van der Waals surface area contributed by atoms with Gasteiger partial charge in [0.15, 0.2) is 0 Å². The summed E-state index contributed by atoms with van der Waals surface area (Å²) in [5, 5.41) is 34.8. The number of phenolic OH excluding ortho intramolecular Hbond substituents is 3. The zero-order valence-corrected chi connectivity index (χ0v) is 24.1. The van der Waals surface area contributed by atoms with Crippen LogP contribution < -0.4 is 5.32 Å². The van der Waals surface area contributed by atoms with Crippen LogP contribution in [0.5, 0.6) is 17.2 Å². The maximum absolute atomic E-state index is 12.8. The van der Waals surface area contributed by atoms with Crippen molar-refractivity contribution in [1.82, 2.24) is 0 Å².